The molecule has 2 aliphatic rings. The highest BCUT2D eigenvalue weighted by atomic mass is 16.5. The third-order valence-electron chi connectivity index (χ3n) is 6.06. The standard InChI is InChI=1S/C23H30N4O3/c24-13-12-22(28)25-18-8-10-19(11-9-18)27(15-16-4-2-1-3-5-16)23(29)20-14-21(30-26-20)17-6-7-17/h1-5,14,17-19H,6-13,15,24H2,(H,25,28)/t18-,19-. The van der Waals surface area contributed by atoms with Crippen molar-refractivity contribution in [1.29, 1.82) is 0 Å². The van der Waals surface area contributed by atoms with E-state index in [9.17, 15) is 9.59 Å². The topological polar surface area (TPSA) is 101 Å². The first-order valence-corrected chi connectivity index (χ1v) is 10.9. The number of carbonyl (C=O) groups excluding carboxylic acids is 2. The minimum atomic E-state index is -0.0786. The molecule has 160 valence electrons. The zero-order chi connectivity index (χ0) is 20.9. The van der Waals surface area contributed by atoms with Crippen LogP contribution in [0.4, 0.5) is 0 Å². The summed E-state index contributed by atoms with van der Waals surface area (Å²) in [5.41, 5.74) is 6.95. The molecule has 1 heterocycles. The second-order valence-corrected chi connectivity index (χ2v) is 8.42. The first-order valence-electron chi connectivity index (χ1n) is 10.9. The number of nitrogens with two attached hydrogens (primary N) is 1. The maximum atomic E-state index is 13.4. The van der Waals surface area contributed by atoms with E-state index in [-0.39, 0.29) is 23.9 Å². The van der Waals surface area contributed by atoms with E-state index in [4.69, 9.17) is 10.3 Å². The van der Waals surface area contributed by atoms with Gasteiger partial charge >= 0.3 is 0 Å². The molecule has 0 saturated heterocycles. The molecular formula is C23H30N4O3. The van der Waals surface area contributed by atoms with Crippen LogP contribution in [0.5, 0.6) is 0 Å². The van der Waals surface area contributed by atoms with Crippen LogP contribution in [-0.2, 0) is 11.3 Å². The van der Waals surface area contributed by atoms with Crippen LogP contribution in [0.1, 0.15) is 72.7 Å². The molecule has 0 atom stereocenters. The average molecular weight is 411 g/mol. The number of amides is 2. The molecule has 1 aromatic heterocycles. The van der Waals surface area contributed by atoms with Gasteiger partial charge < -0.3 is 20.5 Å². The van der Waals surface area contributed by atoms with E-state index < -0.39 is 0 Å². The molecule has 4 rings (SSSR count). The van der Waals surface area contributed by atoms with Gasteiger partial charge in [-0.3, -0.25) is 9.59 Å². The van der Waals surface area contributed by atoms with E-state index in [0.29, 0.717) is 31.1 Å². The second kappa shape index (κ2) is 9.43. The molecule has 2 saturated carbocycles. The Bertz CT molecular complexity index is 854. The molecule has 2 amide bonds. The molecule has 2 aromatic rings. The number of rotatable bonds is 8. The van der Waals surface area contributed by atoms with Crippen molar-refractivity contribution in [2.75, 3.05) is 6.54 Å². The van der Waals surface area contributed by atoms with Crippen molar-refractivity contribution in [2.24, 2.45) is 5.73 Å². The van der Waals surface area contributed by atoms with Crippen LogP contribution < -0.4 is 11.1 Å². The Labute approximate surface area is 177 Å². The molecule has 0 spiro atoms. The van der Waals surface area contributed by atoms with Gasteiger partial charge in [0.25, 0.3) is 5.91 Å². The number of aromatic nitrogens is 1. The second-order valence-electron chi connectivity index (χ2n) is 8.42. The molecule has 0 unspecified atom stereocenters. The molecule has 30 heavy (non-hydrogen) atoms. The SMILES string of the molecule is NCCC(=O)N[C@H]1CC[C@H](N(Cc2ccccc2)C(=O)c2cc(C3CC3)on2)CC1. The maximum absolute atomic E-state index is 13.4. The summed E-state index contributed by atoms with van der Waals surface area (Å²) < 4.78 is 5.43. The van der Waals surface area contributed by atoms with Crippen LogP contribution in [0, 0.1) is 0 Å². The first kappa shape index (κ1) is 20.6. The zero-order valence-corrected chi connectivity index (χ0v) is 17.3. The molecule has 0 bridgehead atoms. The van der Waals surface area contributed by atoms with Gasteiger partial charge in [0.05, 0.1) is 0 Å². The first-order chi connectivity index (χ1) is 14.6. The minimum Gasteiger partial charge on any atom is -0.360 e. The highest BCUT2D eigenvalue weighted by Crippen LogP contribution is 2.40. The largest absolute Gasteiger partial charge is 0.360 e. The van der Waals surface area contributed by atoms with E-state index in [0.717, 1.165) is 49.8 Å². The summed E-state index contributed by atoms with van der Waals surface area (Å²) >= 11 is 0. The minimum absolute atomic E-state index is 0.00775. The Balaban J connectivity index is 1.45. The number of nitrogens with one attached hydrogen (secondary N) is 1. The fourth-order valence-corrected chi connectivity index (χ4v) is 4.21. The Hall–Kier alpha value is -2.67. The summed E-state index contributed by atoms with van der Waals surface area (Å²) in [6.07, 6.45) is 5.97. The lowest BCUT2D eigenvalue weighted by Gasteiger charge is -2.37. The monoisotopic (exact) mass is 410 g/mol. The van der Waals surface area contributed by atoms with E-state index in [1.165, 1.54) is 0 Å². The summed E-state index contributed by atoms with van der Waals surface area (Å²) in [5, 5.41) is 7.14. The Morgan fingerprint density at radius 3 is 2.50 bits per heavy atom. The van der Waals surface area contributed by atoms with Crippen molar-refractivity contribution in [1.82, 2.24) is 15.4 Å². The van der Waals surface area contributed by atoms with Crippen LogP contribution in [0.2, 0.25) is 0 Å². The van der Waals surface area contributed by atoms with Gasteiger partial charge in [-0.15, -0.1) is 0 Å². The van der Waals surface area contributed by atoms with Gasteiger partial charge in [-0.05, 0) is 44.1 Å². The van der Waals surface area contributed by atoms with E-state index >= 15 is 0 Å². The molecule has 2 aliphatic carbocycles. The van der Waals surface area contributed by atoms with E-state index in [2.05, 4.69) is 10.5 Å². The van der Waals surface area contributed by atoms with Crippen LogP contribution in [0.15, 0.2) is 40.9 Å². The molecule has 1 aromatic carbocycles. The summed E-state index contributed by atoms with van der Waals surface area (Å²) in [6, 6.07) is 12.1. The Morgan fingerprint density at radius 1 is 1.10 bits per heavy atom. The number of nitrogens with zero attached hydrogens (tertiary/aromatic N) is 2. The van der Waals surface area contributed by atoms with Gasteiger partial charge in [0.1, 0.15) is 5.76 Å². The fraction of sp³-hybridized carbons (Fsp3) is 0.522. The molecule has 7 nitrogen and oxygen atoms in total. The maximum Gasteiger partial charge on any atom is 0.276 e. The number of carbonyl (C=O) groups is 2. The summed E-state index contributed by atoms with van der Waals surface area (Å²) in [6.45, 7) is 0.904. The van der Waals surface area contributed by atoms with Crippen LogP contribution >= 0.6 is 0 Å². The molecule has 0 radical (unpaired) electrons. The number of benzene rings is 1. The predicted octanol–water partition coefficient (Wildman–Crippen LogP) is 2.97. The summed E-state index contributed by atoms with van der Waals surface area (Å²) in [5.74, 6) is 1.18. The highest BCUT2D eigenvalue weighted by molar-refractivity contribution is 5.92. The van der Waals surface area contributed by atoms with Crippen molar-refractivity contribution in [3.8, 4) is 0 Å². The smallest absolute Gasteiger partial charge is 0.276 e. The summed E-state index contributed by atoms with van der Waals surface area (Å²) in [4.78, 5) is 27.2. The van der Waals surface area contributed by atoms with Crippen LogP contribution in [-0.4, -0.2) is 40.5 Å². The fourth-order valence-electron chi connectivity index (χ4n) is 4.21. The van der Waals surface area contributed by atoms with Crippen molar-refractivity contribution in [2.45, 2.75) is 69.5 Å². The van der Waals surface area contributed by atoms with Crippen molar-refractivity contribution < 1.29 is 14.1 Å². The Kier molecular flexibility index (Phi) is 6.47. The van der Waals surface area contributed by atoms with Crippen LogP contribution in [0.3, 0.4) is 0 Å². The lowest BCUT2D eigenvalue weighted by atomic mass is 9.89. The van der Waals surface area contributed by atoms with E-state index in [1.807, 2.05) is 41.3 Å². The number of hydrogen-bond donors (Lipinski definition) is 2. The van der Waals surface area contributed by atoms with Gasteiger partial charge in [0.15, 0.2) is 5.69 Å². The highest BCUT2D eigenvalue weighted by Gasteiger charge is 2.33. The predicted molar refractivity (Wildman–Crippen MR) is 113 cm³/mol. The summed E-state index contributed by atoms with van der Waals surface area (Å²) in [7, 11) is 0. The van der Waals surface area contributed by atoms with Crippen molar-refractivity contribution >= 4 is 11.8 Å². The third-order valence-corrected chi connectivity index (χ3v) is 6.06. The van der Waals surface area contributed by atoms with E-state index in [1.54, 1.807) is 0 Å². The zero-order valence-electron chi connectivity index (χ0n) is 17.3. The quantitative estimate of drug-likeness (QED) is 0.697. The lowest BCUT2D eigenvalue weighted by Crippen LogP contribution is -2.46. The van der Waals surface area contributed by atoms with Gasteiger partial charge in [-0.2, -0.15) is 0 Å². The molecule has 7 heteroatoms. The van der Waals surface area contributed by atoms with Gasteiger partial charge in [0, 0.05) is 43.6 Å². The number of hydrogen-bond acceptors (Lipinski definition) is 5. The third kappa shape index (κ3) is 5.08. The Morgan fingerprint density at radius 2 is 1.83 bits per heavy atom. The normalized spacial score (nSPS) is 21.2. The molecule has 0 aliphatic heterocycles. The lowest BCUT2D eigenvalue weighted by molar-refractivity contribution is -0.121. The van der Waals surface area contributed by atoms with Gasteiger partial charge in [-0.25, -0.2) is 0 Å². The molecular weight excluding hydrogens is 380 g/mol. The van der Waals surface area contributed by atoms with Crippen molar-refractivity contribution in [3.63, 3.8) is 0 Å². The average Bonchev–Trinajstić information content (AvgIpc) is 3.50. The van der Waals surface area contributed by atoms with Crippen LogP contribution in [0.25, 0.3) is 0 Å². The molecule has 2 fully saturated rings. The van der Waals surface area contributed by atoms with Gasteiger partial charge in [-0.1, -0.05) is 35.5 Å². The van der Waals surface area contributed by atoms with Gasteiger partial charge in [0.2, 0.25) is 5.91 Å². The molecule has 3 N–H and O–H groups in total. The van der Waals surface area contributed by atoms with Crippen molar-refractivity contribution in [3.05, 3.63) is 53.4 Å².